The first-order chi connectivity index (χ1) is 10.2. The average Bonchev–Trinajstić information content (AvgIpc) is 2.98. The summed E-state index contributed by atoms with van der Waals surface area (Å²) in [5, 5.41) is 12.5. The summed E-state index contributed by atoms with van der Waals surface area (Å²) in [6.07, 6.45) is 4.95. The van der Waals surface area contributed by atoms with Gasteiger partial charge in [-0.15, -0.1) is 0 Å². The van der Waals surface area contributed by atoms with Gasteiger partial charge in [0.1, 0.15) is 0 Å². The minimum Gasteiger partial charge on any atom is -0.478 e. The standard InChI is InChI=1S/C17H26N2O2/c1-2-3-11-19(13-16-5-4-10-18-16)12-14-6-8-15(9-7-14)17(20)21/h6-9,16,18H,2-5,10-13H2,1H3,(H,20,21). The molecule has 0 bridgehead atoms. The van der Waals surface area contributed by atoms with Crippen LogP contribution in [-0.4, -0.2) is 41.7 Å². The molecule has 1 unspecified atom stereocenters. The van der Waals surface area contributed by atoms with Gasteiger partial charge >= 0.3 is 5.97 Å². The number of aromatic carboxylic acids is 1. The number of benzene rings is 1. The molecule has 1 atom stereocenters. The Kier molecular flexibility index (Phi) is 6.21. The summed E-state index contributed by atoms with van der Waals surface area (Å²) in [4.78, 5) is 13.4. The van der Waals surface area contributed by atoms with Gasteiger partial charge in [-0.25, -0.2) is 4.79 Å². The molecule has 116 valence electrons. The summed E-state index contributed by atoms with van der Waals surface area (Å²) in [7, 11) is 0. The fourth-order valence-electron chi connectivity index (χ4n) is 2.85. The maximum Gasteiger partial charge on any atom is 0.335 e. The van der Waals surface area contributed by atoms with Crippen LogP contribution in [0.2, 0.25) is 0 Å². The van der Waals surface area contributed by atoms with Crippen LogP contribution in [-0.2, 0) is 6.54 Å². The van der Waals surface area contributed by atoms with E-state index in [2.05, 4.69) is 17.1 Å². The molecule has 1 heterocycles. The molecule has 1 saturated heterocycles. The Labute approximate surface area is 127 Å². The van der Waals surface area contributed by atoms with Gasteiger partial charge in [0, 0.05) is 19.1 Å². The van der Waals surface area contributed by atoms with Crippen LogP contribution in [0, 0.1) is 0 Å². The Morgan fingerprint density at radius 1 is 1.38 bits per heavy atom. The second-order valence-electron chi connectivity index (χ2n) is 5.88. The van der Waals surface area contributed by atoms with E-state index in [1.54, 1.807) is 12.1 Å². The largest absolute Gasteiger partial charge is 0.478 e. The van der Waals surface area contributed by atoms with Crippen molar-refractivity contribution in [2.45, 2.75) is 45.2 Å². The van der Waals surface area contributed by atoms with Gasteiger partial charge in [-0.05, 0) is 50.0 Å². The average molecular weight is 290 g/mol. The van der Waals surface area contributed by atoms with E-state index in [1.165, 1.54) is 31.2 Å². The van der Waals surface area contributed by atoms with E-state index in [1.807, 2.05) is 12.1 Å². The molecular formula is C17H26N2O2. The maximum atomic E-state index is 10.9. The third-order valence-electron chi connectivity index (χ3n) is 4.08. The topological polar surface area (TPSA) is 52.6 Å². The van der Waals surface area contributed by atoms with Gasteiger partial charge in [-0.2, -0.15) is 0 Å². The van der Waals surface area contributed by atoms with Crippen molar-refractivity contribution in [3.63, 3.8) is 0 Å². The number of unbranched alkanes of at least 4 members (excludes halogenated alkanes) is 1. The summed E-state index contributed by atoms with van der Waals surface area (Å²) in [5.74, 6) is -0.862. The van der Waals surface area contributed by atoms with Gasteiger partial charge in [0.2, 0.25) is 0 Å². The van der Waals surface area contributed by atoms with Gasteiger partial charge in [-0.3, -0.25) is 4.90 Å². The van der Waals surface area contributed by atoms with Crippen molar-refractivity contribution < 1.29 is 9.90 Å². The number of carboxylic acid groups (broad SMARTS) is 1. The summed E-state index contributed by atoms with van der Waals surface area (Å²) >= 11 is 0. The van der Waals surface area contributed by atoms with E-state index in [9.17, 15) is 4.79 Å². The second-order valence-corrected chi connectivity index (χ2v) is 5.88. The maximum absolute atomic E-state index is 10.9. The van der Waals surface area contributed by atoms with Crippen LogP contribution in [0.5, 0.6) is 0 Å². The summed E-state index contributed by atoms with van der Waals surface area (Å²) in [5.41, 5.74) is 1.55. The zero-order chi connectivity index (χ0) is 15.1. The molecule has 0 saturated carbocycles. The molecule has 0 radical (unpaired) electrons. The number of hydrogen-bond acceptors (Lipinski definition) is 3. The Morgan fingerprint density at radius 3 is 2.71 bits per heavy atom. The van der Waals surface area contributed by atoms with Crippen molar-refractivity contribution in [1.29, 1.82) is 0 Å². The molecule has 1 aromatic carbocycles. The predicted octanol–water partition coefficient (Wildman–Crippen LogP) is 2.74. The second kappa shape index (κ2) is 8.15. The molecule has 4 heteroatoms. The van der Waals surface area contributed by atoms with Crippen LogP contribution in [0.4, 0.5) is 0 Å². The smallest absolute Gasteiger partial charge is 0.335 e. The normalized spacial score (nSPS) is 18.3. The van der Waals surface area contributed by atoms with Gasteiger partial charge < -0.3 is 10.4 Å². The first-order valence-corrected chi connectivity index (χ1v) is 7.97. The molecule has 4 nitrogen and oxygen atoms in total. The lowest BCUT2D eigenvalue weighted by Gasteiger charge is -2.25. The summed E-state index contributed by atoms with van der Waals surface area (Å²) in [6.45, 7) is 6.45. The van der Waals surface area contributed by atoms with Crippen molar-refractivity contribution in [3.05, 3.63) is 35.4 Å². The van der Waals surface area contributed by atoms with Crippen molar-refractivity contribution in [2.24, 2.45) is 0 Å². The molecule has 1 aliphatic rings. The fourth-order valence-corrected chi connectivity index (χ4v) is 2.85. The van der Waals surface area contributed by atoms with Gasteiger partial charge in [-0.1, -0.05) is 25.5 Å². The SMILES string of the molecule is CCCCN(Cc1ccc(C(=O)O)cc1)CC1CCCN1. The van der Waals surface area contributed by atoms with Crippen molar-refractivity contribution in [2.75, 3.05) is 19.6 Å². The molecule has 0 amide bonds. The number of hydrogen-bond donors (Lipinski definition) is 2. The number of nitrogens with one attached hydrogen (secondary N) is 1. The van der Waals surface area contributed by atoms with Crippen LogP contribution in [0.25, 0.3) is 0 Å². The Bertz CT molecular complexity index is 439. The third-order valence-corrected chi connectivity index (χ3v) is 4.08. The number of rotatable bonds is 8. The van der Waals surface area contributed by atoms with Gasteiger partial charge in [0.05, 0.1) is 5.56 Å². The number of nitrogens with zero attached hydrogens (tertiary/aromatic N) is 1. The molecule has 0 aromatic heterocycles. The Balaban J connectivity index is 1.94. The predicted molar refractivity (Wildman–Crippen MR) is 84.6 cm³/mol. The van der Waals surface area contributed by atoms with Crippen LogP contribution >= 0.6 is 0 Å². The van der Waals surface area contributed by atoms with E-state index >= 15 is 0 Å². The Hall–Kier alpha value is -1.39. The minimum absolute atomic E-state index is 0.358. The highest BCUT2D eigenvalue weighted by atomic mass is 16.4. The van der Waals surface area contributed by atoms with Crippen molar-refractivity contribution in [3.8, 4) is 0 Å². The van der Waals surface area contributed by atoms with Crippen molar-refractivity contribution in [1.82, 2.24) is 10.2 Å². The molecule has 1 aliphatic heterocycles. The van der Waals surface area contributed by atoms with Gasteiger partial charge in [0.25, 0.3) is 0 Å². The quantitative estimate of drug-likeness (QED) is 0.773. The highest BCUT2D eigenvalue weighted by Gasteiger charge is 2.17. The molecule has 2 rings (SSSR count). The van der Waals surface area contributed by atoms with Crippen LogP contribution < -0.4 is 5.32 Å². The monoisotopic (exact) mass is 290 g/mol. The third kappa shape index (κ3) is 5.14. The van der Waals surface area contributed by atoms with E-state index < -0.39 is 5.97 Å². The van der Waals surface area contributed by atoms with E-state index in [0.717, 1.165) is 26.2 Å². The van der Waals surface area contributed by atoms with Crippen LogP contribution in [0.1, 0.15) is 48.5 Å². The number of carbonyl (C=O) groups is 1. The lowest BCUT2D eigenvalue weighted by atomic mass is 10.1. The first-order valence-electron chi connectivity index (χ1n) is 7.97. The fraction of sp³-hybridized carbons (Fsp3) is 0.588. The highest BCUT2D eigenvalue weighted by Crippen LogP contribution is 2.12. The van der Waals surface area contributed by atoms with Crippen molar-refractivity contribution >= 4 is 5.97 Å². The van der Waals surface area contributed by atoms with E-state index in [-0.39, 0.29) is 0 Å². The molecular weight excluding hydrogens is 264 g/mol. The number of carboxylic acids is 1. The van der Waals surface area contributed by atoms with Crippen LogP contribution in [0.3, 0.4) is 0 Å². The molecule has 0 spiro atoms. The van der Waals surface area contributed by atoms with Crippen LogP contribution in [0.15, 0.2) is 24.3 Å². The Morgan fingerprint density at radius 2 is 2.14 bits per heavy atom. The zero-order valence-corrected chi connectivity index (χ0v) is 12.8. The molecule has 21 heavy (non-hydrogen) atoms. The highest BCUT2D eigenvalue weighted by molar-refractivity contribution is 5.87. The molecule has 1 fully saturated rings. The lowest BCUT2D eigenvalue weighted by molar-refractivity contribution is 0.0697. The lowest BCUT2D eigenvalue weighted by Crippen LogP contribution is -2.37. The van der Waals surface area contributed by atoms with E-state index in [4.69, 9.17) is 5.11 Å². The molecule has 0 aliphatic carbocycles. The molecule has 2 N–H and O–H groups in total. The first kappa shape index (κ1) is 16.0. The zero-order valence-electron chi connectivity index (χ0n) is 12.8. The summed E-state index contributed by atoms with van der Waals surface area (Å²) < 4.78 is 0. The van der Waals surface area contributed by atoms with Gasteiger partial charge in [0.15, 0.2) is 0 Å². The van der Waals surface area contributed by atoms with E-state index in [0.29, 0.717) is 11.6 Å². The summed E-state index contributed by atoms with van der Waals surface area (Å²) in [6, 6.07) is 7.88. The minimum atomic E-state index is -0.862. The molecule has 1 aromatic rings.